The fraction of sp³-hybridized carbons (Fsp3) is 0.538. The molecule has 16 heavy (non-hydrogen) atoms. The Morgan fingerprint density at radius 3 is 2.56 bits per heavy atom. The lowest BCUT2D eigenvalue weighted by Gasteiger charge is -2.07. The van der Waals surface area contributed by atoms with Crippen LogP contribution in [0.2, 0.25) is 0 Å². The Labute approximate surface area is 103 Å². The molecule has 0 unspecified atom stereocenters. The molecular formula is C13H20ClNO. The fourth-order valence-corrected chi connectivity index (χ4v) is 1.51. The van der Waals surface area contributed by atoms with E-state index in [-0.39, 0.29) is 0 Å². The average Bonchev–Trinajstić information content (AvgIpc) is 2.34. The van der Waals surface area contributed by atoms with Crippen molar-refractivity contribution in [3.63, 3.8) is 0 Å². The monoisotopic (exact) mass is 241 g/mol. The molecule has 1 aromatic rings. The number of rotatable bonds is 8. The number of ether oxygens (including phenoxy) is 1. The summed E-state index contributed by atoms with van der Waals surface area (Å²) >= 11 is 5.71. The molecule has 1 rings (SSSR count). The molecule has 90 valence electrons. The Balaban J connectivity index is 2.12. The van der Waals surface area contributed by atoms with E-state index in [9.17, 15) is 0 Å². The first kappa shape index (κ1) is 13.3. The highest BCUT2D eigenvalue weighted by molar-refractivity contribution is 6.17. The number of hydrogen-bond donors (Lipinski definition) is 1. The highest BCUT2D eigenvalue weighted by Gasteiger charge is 1.93. The summed E-state index contributed by atoms with van der Waals surface area (Å²) < 4.78 is 5.46. The molecule has 0 heterocycles. The van der Waals surface area contributed by atoms with Crippen LogP contribution in [-0.4, -0.2) is 19.8 Å². The Hall–Kier alpha value is -0.730. The van der Waals surface area contributed by atoms with Gasteiger partial charge in [0.15, 0.2) is 0 Å². The van der Waals surface area contributed by atoms with Crippen LogP contribution in [0, 0.1) is 0 Å². The van der Waals surface area contributed by atoms with Crippen molar-refractivity contribution >= 4 is 17.3 Å². The first-order valence-electron chi connectivity index (χ1n) is 5.83. The molecule has 0 spiro atoms. The highest BCUT2D eigenvalue weighted by atomic mass is 35.5. The molecule has 0 aliphatic heterocycles. The van der Waals surface area contributed by atoms with Gasteiger partial charge in [-0.25, -0.2) is 0 Å². The smallest absolute Gasteiger partial charge is 0.0639 e. The van der Waals surface area contributed by atoms with Gasteiger partial charge in [0, 0.05) is 24.7 Å². The summed E-state index contributed by atoms with van der Waals surface area (Å²) in [5.74, 6) is 0.570. The largest absolute Gasteiger partial charge is 0.383 e. The molecule has 0 aliphatic carbocycles. The van der Waals surface area contributed by atoms with Crippen LogP contribution in [0.4, 0.5) is 5.69 Å². The summed E-state index contributed by atoms with van der Waals surface area (Å²) in [6.07, 6.45) is 2.33. The van der Waals surface area contributed by atoms with Gasteiger partial charge in [0.05, 0.1) is 6.61 Å². The normalized spacial score (nSPS) is 10.4. The summed E-state index contributed by atoms with van der Waals surface area (Å²) in [4.78, 5) is 0. The fourth-order valence-electron chi connectivity index (χ4n) is 1.33. The lowest BCUT2D eigenvalue weighted by molar-refractivity contribution is 0.141. The summed E-state index contributed by atoms with van der Waals surface area (Å²) in [7, 11) is 0. The SMILES string of the molecule is CCCCOCCNc1ccc(CCl)cc1. The number of anilines is 1. The number of benzene rings is 1. The molecule has 3 heteroatoms. The van der Waals surface area contributed by atoms with Crippen LogP contribution in [0.25, 0.3) is 0 Å². The molecule has 0 aliphatic rings. The third kappa shape index (κ3) is 5.38. The molecule has 0 amide bonds. The van der Waals surface area contributed by atoms with Gasteiger partial charge in [-0.05, 0) is 24.1 Å². The number of unbranched alkanes of at least 4 members (excludes halogenated alkanes) is 1. The minimum atomic E-state index is 0.570. The molecule has 0 fully saturated rings. The van der Waals surface area contributed by atoms with Crippen molar-refractivity contribution in [1.82, 2.24) is 0 Å². The van der Waals surface area contributed by atoms with Crippen LogP contribution in [0.5, 0.6) is 0 Å². The molecule has 0 atom stereocenters. The molecule has 2 nitrogen and oxygen atoms in total. The van der Waals surface area contributed by atoms with Crippen molar-refractivity contribution < 1.29 is 4.74 Å². The maximum absolute atomic E-state index is 5.71. The van der Waals surface area contributed by atoms with E-state index in [4.69, 9.17) is 16.3 Å². The van der Waals surface area contributed by atoms with Crippen molar-refractivity contribution in [3.8, 4) is 0 Å². The van der Waals surface area contributed by atoms with Gasteiger partial charge < -0.3 is 10.1 Å². The minimum absolute atomic E-state index is 0.570. The lowest BCUT2D eigenvalue weighted by atomic mass is 10.2. The molecule has 0 aromatic heterocycles. The van der Waals surface area contributed by atoms with Crippen molar-refractivity contribution in [2.45, 2.75) is 25.6 Å². The van der Waals surface area contributed by atoms with Crippen LogP contribution >= 0.6 is 11.6 Å². The zero-order chi connectivity index (χ0) is 11.6. The van der Waals surface area contributed by atoms with Gasteiger partial charge in [0.25, 0.3) is 0 Å². The summed E-state index contributed by atoms with van der Waals surface area (Å²) in [6, 6.07) is 8.16. The highest BCUT2D eigenvalue weighted by Crippen LogP contribution is 2.10. The Bertz CT molecular complexity index is 274. The van der Waals surface area contributed by atoms with Gasteiger partial charge in [-0.2, -0.15) is 0 Å². The van der Waals surface area contributed by atoms with E-state index in [0.29, 0.717) is 5.88 Å². The van der Waals surface area contributed by atoms with Gasteiger partial charge in [-0.3, -0.25) is 0 Å². The van der Waals surface area contributed by atoms with Crippen LogP contribution in [-0.2, 0) is 10.6 Å². The lowest BCUT2D eigenvalue weighted by Crippen LogP contribution is -2.09. The maximum Gasteiger partial charge on any atom is 0.0639 e. The van der Waals surface area contributed by atoms with Crippen LogP contribution in [0.3, 0.4) is 0 Å². The second kappa shape index (κ2) is 8.43. The zero-order valence-electron chi connectivity index (χ0n) is 9.84. The number of nitrogens with one attached hydrogen (secondary N) is 1. The predicted octanol–water partition coefficient (Wildman–Crippen LogP) is 3.65. The average molecular weight is 242 g/mol. The quantitative estimate of drug-likeness (QED) is 0.554. The van der Waals surface area contributed by atoms with E-state index in [1.165, 1.54) is 6.42 Å². The Kier molecular flexibility index (Phi) is 7.02. The van der Waals surface area contributed by atoms with Crippen molar-refractivity contribution in [2.24, 2.45) is 0 Å². The van der Waals surface area contributed by atoms with Gasteiger partial charge in [0.1, 0.15) is 0 Å². The Morgan fingerprint density at radius 1 is 1.19 bits per heavy atom. The van der Waals surface area contributed by atoms with E-state index in [1.54, 1.807) is 0 Å². The summed E-state index contributed by atoms with van der Waals surface area (Å²) in [5, 5.41) is 3.30. The number of halogens is 1. The first-order valence-corrected chi connectivity index (χ1v) is 6.36. The van der Waals surface area contributed by atoms with Gasteiger partial charge in [-0.1, -0.05) is 25.5 Å². The molecule has 1 N–H and O–H groups in total. The predicted molar refractivity (Wildman–Crippen MR) is 70.2 cm³/mol. The van der Waals surface area contributed by atoms with E-state index in [1.807, 2.05) is 24.3 Å². The van der Waals surface area contributed by atoms with E-state index in [0.717, 1.165) is 37.4 Å². The van der Waals surface area contributed by atoms with Gasteiger partial charge in [-0.15, -0.1) is 11.6 Å². The minimum Gasteiger partial charge on any atom is -0.383 e. The van der Waals surface area contributed by atoms with Gasteiger partial charge >= 0.3 is 0 Å². The molecule has 0 saturated carbocycles. The third-order valence-electron chi connectivity index (χ3n) is 2.33. The van der Waals surface area contributed by atoms with Crippen molar-refractivity contribution in [2.75, 3.05) is 25.1 Å². The molecule has 0 saturated heterocycles. The topological polar surface area (TPSA) is 21.3 Å². The molecule has 0 bridgehead atoms. The molecule has 1 aromatic carbocycles. The second-order valence-corrected chi connectivity index (χ2v) is 3.99. The van der Waals surface area contributed by atoms with Crippen LogP contribution in [0.1, 0.15) is 25.3 Å². The van der Waals surface area contributed by atoms with Crippen LogP contribution < -0.4 is 5.32 Å². The van der Waals surface area contributed by atoms with Gasteiger partial charge in [0.2, 0.25) is 0 Å². The second-order valence-electron chi connectivity index (χ2n) is 3.72. The van der Waals surface area contributed by atoms with Crippen LogP contribution in [0.15, 0.2) is 24.3 Å². The number of alkyl halides is 1. The standard InChI is InChI=1S/C13H20ClNO/c1-2-3-9-16-10-8-15-13-6-4-12(11-14)5-7-13/h4-7,15H,2-3,8-11H2,1H3. The Morgan fingerprint density at radius 2 is 1.94 bits per heavy atom. The van der Waals surface area contributed by atoms with E-state index in [2.05, 4.69) is 12.2 Å². The van der Waals surface area contributed by atoms with E-state index >= 15 is 0 Å². The summed E-state index contributed by atoms with van der Waals surface area (Å²) in [6.45, 7) is 4.64. The zero-order valence-corrected chi connectivity index (χ0v) is 10.6. The molecule has 0 radical (unpaired) electrons. The maximum atomic E-state index is 5.71. The first-order chi connectivity index (χ1) is 7.86. The number of hydrogen-bond acceptors (Lipinski definition) is 2. The van der Waals surface area contributed by atoms with E-state index < -0.39 is 0 Å². The third-order valence-corrected chi connectivity index (χ3v) is 2.63. The molecular weight excluding hydrogens is 222 g/mol. The van der Waals surface area contributed by atoms with Crippen molar-refractivity contribution in [3.05, 3.63) is 29.8 Å². The summed E-state index contributed by atoms with van der Waals surface area (Å²) in [5.41, 5.74) is 2.26. The van der Waals surface area contributed by atoms with Crippen molar-refractivity contribution in [1.29, 1.82) is 0 Å².